The Morgan fingerprint density at radius 3 is 2.32 bits per heavy atom. The first-order chi connectivity index (χ1) is 8.60. The molecule has 0 bridgehead atoms. The van der Waals surface area contributed by atoms with E-state index in [-0.39, 0.29) is 0 Å². The van der Waals surface area contributed by atoms with Crippen molar-refractivity contribution in [3.05, 3.63) is 29.6 Å². The molecule has 0 saturated carbocycles. The number of para-hydroxylation sites is 1. The van der Waals surface area contributed by atoms with Gasteiger partial charge >= 0.3 is 21.6 Å². The number of hydrogen-bond donors (Lipinski definition) is 0. The summed E-state index contributed by atoms with van der Waals surface area (Å²) in [4.78, 5) is 11.2. The highest BCUT2D eigenvalue weighted by Gasteiger charge is 2.49. The van der Waals surface area contributed by atoms with Crippen LogP contribution in [0.4, 0.5) is 17.6 Å². The number of carbonyl (C=O) groups excluding carboxylic acids is 1. The van der Waals surface area contributed by atoms with Gasteiger partial charge in [-0.1, -0.05) is 6.07 Å². The number of carbonyl (C=O) groups is 1. The Kier molecular flexibility index (Phi) is 4.03. The highest BCUT2D eigenvalue weighted by atomic mass is 32.2. The summed E-state index contributed by atoms with van der Waals surface area (Å²) < 4.78 is 79.0. The molecule has 1 rings (SSSR count). The molecule has 1 aromatic rings. The summed E-state index contributed by atoms with van der Waals surface area (Å²) in [6, 6.07) is 2.47. The molecule has 0 amide bonds. The number of ether oxygens (including phenoxy) is 1. The van der Waals surface area contributed by atoms with Crippen molar-refractivity contribution in [1.29, 1.82) is 0 Å². The van der Waals surface area contributed by atoms with Gasteiger partial charge in [-0.2, -0.15) is 21.6 Å². The van der Waals surface area contributed by atoms with E-state index in [1.807, 2.05) is 0 Å². The van der Waals surface area contributed by atoms with Crippen molar-refractivity contribution in [1.82, 2.24) is 0 Å². The predicted molar refractivity (Wildman–Crippen MR) is 53.3 cm³/mol. The average Bonchev–Trinajstić information content (AvgIpc) is 2.29. The fraction of sp³-hybridized carbons (Fsp3) is 0.222. The topological polar surface area (TPSA) is 69.7 Å². The molecule has 0 aliphatic heterocycles. The molecule has 19 heavy (non-hydrogen) atoms. The normalized spacial score (nSPS) is 12.1. The third-order valence-corrected chi connectivity index (χ3v) is 2.80. The lowest BCUT2D eigenvalue weighted by molar-refractivity contribution is -0.0501. The molecule has 1 aromatic carbocycles. The van der Waals surface area contributed by atoms with Gasteiger partial charge in [0.25, 0.3) is 0 Å². The van der Waals surface area contributed by atoms with Crippen molar-refractivity contribution in [3.63, 3.8) is 0 Å². The smallest absolute Gasteiger partial charge is 0.465 e. The lowest BCUT2D eigenvalue weighted by Crippen LogP contribution is -2.29. The van der Waals surface area contributed by atoms with Gasteiger partial charge in [-0.05, 0) is 12.1 Å². The Morgan fingerprint density at radius 2 is 1.84 bits per heavy atom. The van der Waals surface area contributed by atoms with Crippen LogP contribution in [0.5, 0.6) is 5.75 Å². The SMILES string of the molecule is COC(=O)c1cccc(F)c1OS(=O)(=O)C(F)(F)F. The summed E-state index contributed by atoms with van der Waals surface area (Å²) in [6.07, 6.45) is 0. The summed E-state index contributed by atoms with van der Waals surface area (Å²) >= 11 is 0. The highest BCUT2D eigenvalue weighted by Crippen LogP contribution is 2.31. The zero-order valence-electron chi connectivity index (χ0n) is 9.19. The molecule has 0 spiro atoms. The van der Waals surface area contributed by atoms with E-state index in [0.717, 1.165) is 19.2 Å². The monoisotopic (exact) mass is 302 g/mol. The van der Waals surface area contributed by atoms with Crippen LogP contribution in [0.1, 0.15) is 10.4 Å². The summed E-state index contributed by atoms with van der Waals surface area (Å²) in [7, 11) is -5.20. The van der Waals surface area contributed by atoms with Crippen LogP contribution in [0.3, 0.4) is 0 Å². The van der Waals surface area contributed by atoms with E-state index in [0.29, 0.717) is 6.07 Å². The van der Waals surface area contributed by atoms with Gasteiger partial charge in [0.2, 0.25) is 0 Å². The predicted octanol–water partition coefficient (Wildman–Crippen LogP) is 1.84. The van der Waals surface area contributed by atoms with E-state index in [9.17, 15) is 30.8 Å². The molecule has 10 heteroatoms. The molecule has 0 unspecified atom stereocenters. The van der Waals surface area contributed by atoms with Gasteiger partial charge in [-0.3, -0.25) is 0 Å². The second kappa shape index (κ2) is 5.03. The molecule has 0 heterocycles. The van der Waals surface area contributed by atoms with Gasteiger partial charge in [-0.25, -0.2) is 9.18 Å². The standard InChI is InChI=1S/C9H6F4O5S/c1-17-8(14)5-3-2-4-6(10)7(5)18-19(15,16)9(11,12)13/h2-4H,1H3. The number of benzene rings is 1. The third kappa shape index (κ3) is 3.13. The van der Waals surface area contributed by atoms with Gasteiger partial charge in [0, 0.05) is 0 Å². The van der Waals surface area contributed by atoms with E-state index in [1.54, 1.807) is 0 Å². The third-order valence-electron chi connectivity index (χ3n) is 1.85. The van der Waals surface area contributed by atoms with E-state index in [2.05, 4.69) is 8.92 Å². The van der Waals surface area contributed by atoms with Crippen molar-refractivity contribution in [3.8, 4) is 5.75 Å². The van der Waals surface area contributed by atoms with Crippen LogP contribution in [-0.4, -0.2) is 27.0 Å². The molecule has 106 valence electrons. The van der Waals surface area contributed by atoms with E-state index < -0.39 is 38.7 Å². The molecule has 0 aromatic heterocycles. The number of hydrogen-bond acceptors (Lipinski definition) is 5. The molecule has 5 nitrogen and oxygen atoms in total. The van der Waals surface area contributed by atoms with Gasteiger partial charge in [0.1, 0.15) is 5.56 Å². The number of methoxy groups -OCH3 is 1. The summed E-state index contributed by atoms with van der Waals surface area (Å²) in [5.74, 6) is -4.06. The number of alkyl halides is 3. The van der Waals surface area contributed by atoms with Crippen LogP contribution in [0, 0.1) is 5.82 Å². The van der Waals surface area contributed by atoms with E-state index >= 15 is 0 Å². The maximum Gasteiger partial charge on any atom is 0.534 e. The van der Waals surface area contributed by atoms with Gasteiger partial charge in [0.05, 0.1) is 7.11 Å². The maximum atomic E-state index is 13.3. The summed E-state index contributed by atoms with van der Waals surface area (Å²) in [5.41, 5.74) is -6.53. The first-order valence-corrected chi connectivity index (χ1v) is 5.88. The molecule has 0 aliphatic carbocycles. The van der Waals surface area contributed by atoms with Crippen molar-refractivity contribution >= 4 is 16.1 Å². The fourth-order valence-corrected chi connectivity index (χ4v) is 1.50. The summed E-state index contributed by atoms with van der Waals surface area (Å²) in [5, 5.41) is 0. The average molecular weight is 302 g/mol. The molecule has 0 fully saturated rings. The minimum absolute atomic E-state index is 0.633. The van der Waals surface area contributed by atoms with Crippen LogP contribution >= 0.6 is 0 Å². The summed E-state index contributed by atoms with van der Waals surface area (Å²) in [6.45, 7) is 0. The quantitative estimate of drug-likeness (QED) is 0.369. The molecule has 0 saturated heterocycles. The number of esters is 1. The molecule has 0 aliphatic rings. The first kappa shape index (κ1) is 15.2. The van der Waals surface area contributed by atoms with Crippen LogP contribution in [0.2, 0.25) is 0 Å². The van der Waals surface area contributed by atoms with Crippen molar-refractivity contribution in [2.75, 3.05) is 7.11 Å². The van der Waals surface area contributed by atoms with Crippen LogP contribution in [0.15, 0.2) is 18.2 Å². The molecular weight excluding hydrogens is 296 g/mol. The Labute approximate surface area is 104 Å². The second-order valence-corrected chi connectivity index (χ2v) is 4.63. The van der Waals surface area contributed by atoms with Gasteiger partial charge in [0.15, 0.2) is 11.6 Å². The zero-order valence-corrected chi connectivity index (χ0v) is 10.0. The minimum Gasteiger partial charge on any atom is -0.465 e. The minimum atomic E-state index is -6.09. The Balaban J connectivity index is 3.33. The maximum absolute atomic E-state index is 13.3. The second-order valence-electron chi connectivity index (χ2n) is 3.09. The lowest BCUT2D eigenvalue weighted by atomic mass is 10.2. The van der Waals surface area contributed by atoms with Gasteiger partial charge in [-0.15, -0.1) is 0 Å². The Bertz CT molecular complexity index is 593. The van der Waals surface area contributed by atoms with Crippen LogP contribution < -0.4 is 4.18 Å². The van der Waals surface area contributed by atoms with Crippen molar-refractivity contribution in [2.45, 2.75) is 5.51 Å². The first-order valence-electron chi connectivity index (χ1n) is 4.47. The largest absolute Gasteiger partial charge is 0.534 e. The fourth-order valence-electron chi connectivity index (χ4n) is 1.02. The van der Waals surface area contributed by atoms with Crippen molar-refractivity contribution < 1.29 is 39.7 Å². The van der Waals surface area contributed by atoms with Crippen LogP contribution in [-0.2, 0) is 14.9 Å². The Hall–Kier alpha value is -1.84. The highest BCUT2D eigenvalue weighted by molar-refractivity contribution is 7.88. The van der Waals surface area contributed by atoms with E-state index in [4.69, 9.17) is 0 Å². The lowest BCUT2D eigenvalue weighted by Gasteiger charge is -2.12. The van der Waals surface area contributed by atoms with Crippen LogP contribution in [0.25, 0.3) is 0 Å². The number of rotatable bonds is 3. The van der Waals surface area contributed by atoms with Crippen molar-refractivity contribution in [2.24, 2.45) is 0 Å². The molecule has 0 N–H and O–H groups in total. The van der Waals surface area contributed by atoms with E-state index in [1.165, 1.54) is 0 Å². The Morgan fingerprint density at radius 1 is 1.26 bits per heavy atom. The molecular formula is C9H6F4O5S. The zero-order chi connectivity index (χ0) is 14.8. The molecule has 0 radical (unpaired) electrons. The molecule has 0 atom stereocenters. The number of halogens is 4. The van der Waals surface area contributed by atoms with Gasteiger partial charge < -0.3 is 8.92 Å².